The van der Waals surface area contributed by atoms with Crippen molar-refractivity contribution in [2.75, 3.05) is 0 Å². The lowest BCUT2D eigenvalue weighted by Gasteiger charge is -2.21. The SMILES string of the molecule is C=COC(=O)c1ccc(C(=O)Oc2ccc3c(c2)C(C)c2cc(OC(=O)C(=C)CC(=O)OC4CCCCC4)ccc2-3)cc1. The van der Waals surface area contributed by atoms with Gasteiger partial charge in [0, 0.05) is 11.5 Å². The molecule has 1 atom stereocenters. The summed E-state index contributed by atoms with van der Waals surface area (Å²) in [7, 11) is 0. The molecular weight excluding hydrogens is 548 g/mol. The van der Waals surface area contributed by atoms with Gasteiger partial charge in [-0.05, 0) is 96.5 Å². The van der Waals surface area contributed by atoms with Gasteiger partial charge in [-0.15, -0.1) is 0 Å². The third kappa shape index (κ3) is 6.75. The van der Waals surface area contributed by atoms with Crippen molar-refractivity contribution in [2.24, 2.45) is 0 Å². The van der Waals surface area contributed by atoms with E-state index in [1.165, 1.54) is 24.3 Å². The van der Waals surface area contributed by atoms with E-state index in [2.05, 4.69) is 13.2 Å². The summed E-state index contributed by atoms with van der Waals surface area (Å²) >= 11 is 0. The standard InChI is InChI=1S/C35H32O8/c1-4-40-34(38)23-10-12-24(13-11-23)35(39)43-27-15-17-29-28-16-14-26(19-30(28)22(3)31(29)20-27)42-33(37)21(2)18-32(36)41-25-8-6-5-7-9-25/h4,10-17,19-20,22,25H,1-2,5-9,18H2,3H3. The Kier molecular flexibility index (Phi) is 8.85. The number of benzene rings is 3. The lowest BCUT2D eigenvalue weighted by molar-refractivity contribution is -0.150. The van der Waals surface area contributed by atoms with Crippen molar-refractivity contribution in [1.29, 1.82) is 0 Å². The van der Waals surface area contributed by atoms with Crippen molar-refractivity contribution < 1.29 is 38.1 Å². The molecule has 1 saturated carbocycles. The average Bonchev–Trinajstić information content (AvgIpc) is 3.28. The van der Waals surface area contributed by atoms with E-state index in [1.807, 2.05) is 25.1 Å². The van der Waals surface area contributed by atoms with Gasteiger partial charge in [0.2, 0.25) is 0 Å². The number of hydrogen-bond donors (Lipinski definition) is 0. The van der Waals surface area contributed by atoms with Gasteiger partial charge in [0.25, 0.3) is 0 Å². The van der Waals surface area contributed by atoms with E-state index < -0.39 is 23.9 Å². The van der Waals surface area contributed by atoms with Crippen LogP contribution in [0.4, 0.5) is 0 Å². The summed E-state index contributed by atoms with van der Waals surface area (Å²) in [5, 5.41) is 0. The zero-order valence-corrected chi connectivity index (χ0v) is 23.9. The van der Waals surface area contributed by atoms with Gasteiger partial charge in [0.1, 0.15) is 17.6 Å². The molecule has 8 heteroatoms. The molecule has 0 aliphatic heterocycles. The van der Waals surface area contributed by atoms with Gasteiger partial charge in [0.05, 0.1) is 23.8 Å². The Balaban J connectivity index is 1.21. The van der Waals surface area contributed by atoms with E-state index in [1.54, 1.807) is 18.2 Å². The van der Waals surface area contributed by atoms with Crippen LogP contribution in [0.3, 0.4) is 0 Å². The molecule has 0 saturated heterocycles. The minimum absolute atomic E-state index is 0.0374. The van der Waals surface area contributed by atoms with Gasteiger partial charge in [-0.1, -0.05) is 38.6 Å². The lowest BCUT2D eigenvalue weighted by Crippen LogP contribution is -2.22. The summed E-state index contributed by atoms with van der Waals surface area (Å²) in [5.74, 6) is -1.62. The molecule has 3 aromatic carbocycles. The van der Waals surface area contributed by atoms with E-state index in [0.29, 0.717) is 11.5 Å². The highest BCUT2D eigenvalue weighted by Crippen LogP contribution is 2.47. The molecule has 2 aliphatic rings. The van der Waals surface area contributed by atoms with Gasteiger partial charge >= 0.3 is 23.9 Å². The fourth-order valence-corrected chi connectivity index (χ4v) is 5.47. The van der Waals surface area contributed by atoms with Crippen LogP contribution >= 0.6 is 0 Å². The number of rotatable bonds is 9. The van der Waals surface area contributed by atoms with Gasteiger partial charge in [-0.25, -0.2) is 14.4 Å². The smallest absolute Gasteiger partial charge is 0.343 e. The van der Waals surface area contributed by atoms with Crippen molar-refractivity contribution in [3.05, 3.63) is 108 Å². The largest absolute Gasteiger partial charge is 0.462 e. The molecule has 0 bridgehead atoms. The van der Waals surface area contributed by atoms with Crippen molar-refractivity contribution in [1.82, 2.24) is 0 Å². The zero-order chi connectivity index (χ0) is 30.5. The summed E-state index contributed by atoms with van der Waals surface area (Å²) in [6.07, 6.45) is 5.68. The van der Waals surface area contributed by atoms with Crippen LogP contribution in [-0.4, -0.2) is 30.0 Å². The molecule has 0 spiro atoms. The molecule has 5 rings (SSSR count). The topological polar surface area (TPSA) is 105 Å². The number of carbonyl (C=O) groups excluding carboxylic acids is 4. The molecule has 0 N–H and O–H groups in total. The first-order valence-electron chi connectivity index (χ1n) is 14.3. The lowest BCUT2D eigenvalue weighted by atomic mass is 9.98. The van der Waals surface area contributed by atoms with Crippen molar-refractivity contribution in [3.63, 3.8) is 0 Å². The summed E-state index contributed by atoms with van der Waals surface area (Å²) in [4.78, 5) is 49.5. The Labute approximate surface area is 249 Å². The highest BCUT2D eigenvalue weighted by molar-refractivity contribution is 5.95. The maximum absolute atomic E-state index is 12.8. The predicted molar refractivity (Wildman–Crippen MR) is 159 cm³/mol. The first-order valence-corrected chi connectivity index (χ1v) is 14.3. The van der Waals surface area contributed by atoms with E-state index in [-0.39, 0.29) is 35.1 Å². The molecule has 43 heavy (non-hydrogen) atoms. The Hall–Kier alpha value is -4.98. The third-order valence-electron chi connectivity index (χ3n) is 7.73. The molecule has 3 aromatic rings. The number of esters is 4. The fourth-order valence-electron chi connectivity index (χ4n) is 5.47. The van der Waals surface area contributed by atoms with Crippen LogP contribution in [0.1, 0.15) is 83.2 Å². The van der Waals surface area contributed by atoms with Crippen LogP contribution in [0.5, 0.6) is 11.5 Å². The second-order valence-electron chi connectivity index (χ2n) is 10.7. The Morgan fingerprint density at radius 1 is 0.791 bits per heavy atom. The second-order valence-corrected chi connectivity index (χ2v) is 10.7. The van der Waals surface area contributed by atoms with Gasteiger partial charge in [-0.2, -0.15) is 0 Å². The van der Waals surface area contributed by atoms with E-state index in [0.717, 1.165) is 60.6 Å². The van der Waals surface area contributed by atoms with E-state index in [4.69, 9.17) is 18.9 Å². The minimum atomic E-state index is -0.677. The molecule has 1 fully saturated rings. The van der Waals surface area contributed by atoms with Gasteiger partial charge in [0.15, 0.2) is 0 Å². The predicted octanol–water partition coefficient (Wildman–Crippen LogP) is 7.07. The Morgan fingerprint density at radius 2 is 1.35 bits per heavy atom. The maximum Gasteiger partial charge on any atom is 0.343 e. The number of fused-ring (bicyclic) bond motifs is 3. The number of hydrogen-bond acceptors (Lipinski definition) is 8. The fraction of sp³-hybridized carbons (Fsp3) is 0.257. The van der Waals surface area contributed by atoms with Crippen LogP contribution in [0.2, 0.25) is 0 Å². The van der Waals surface area contributed by atoms with Crippen LogP contribution in [0.25, 0.3) is 11.1 Å². The zero-order valence-electron chi connectivity index (χ0n) is 23.9. The van der Waals surface area contributed by atoms with E-state index >= 15 is 0 Å². The van der Waals surface area contributed by atoms with Crippen molar-refractivity contribution in [2.45, 2.75) is 57.5 Å². The summed E-state index contributed by atoms with van der Waals surface area (Å²) in [5.41, 5.74) is 4.48. The summed E-state index contributed by atoms with van der Waals surface area (Å²) in [6.45, 7) is 9.11. The van der Waals surface area contributed by atoms with Crippen LogP contribution < -0.4 is 9.47 Å². The highest BCUT2D eigenvalue weighted by Gasteiger charge is 2.28. The monoisotopic (exact) mass is 580 g/mol. The van der Waals surface area contributed by atoms with Crippen LogP contribution in [0, 0.1) is 0 Å². The molecule has 0 amide bonds. The maximum atomic E-state index is 12.8. The molecular formula is C35H32O8. The molecule has 0 heterocycles. The first-order chi connectivity index (χ1) is 20.7. The molecule has 0 aromatic heterocycles. The van der Waals surface area contributed by atoms with E-state index in [9.17, 15) is 19.2 Å². The Bertz CT molecular complexity index is 1590. The van der Waals surface area contributed by atoms with Crippen LogP contribution in [0.15, 0.2) is 85.7 Å². The molecule has 2 aliphatic carbocycles. The molecule has 220 valence electrons. The normalized spacial score (nSPS) is 15.4. The summed E-state index contributed by atoms with van der Waals surface area (Å²) < 4.78 is 21.4. The van der Waals surface area contributed by atoms with Gasteiger partial charge < -0.3 is 18.9 Å². The quantitative estimate of drug-likeness (QED) is 0.115. The summed E-state index contributed by atoms with van der Waals surface area (Å²) in [6, 6.07) is 16.8. The number of ether oxygens (including phenoxy) is 4. The number of carbonyl (C=O) groups is 4. The minimum Gasteiger partial charge on any atom is -0.462 e. The highest BCUT2D eigenvalue weighted by atomic mass is 16.6. The van der Waals surface area contributed by atoms with Gasteiger partial charge in [-0.3, -0.25) is 4.79 Å². The molecule has 0 radical (unpaired) electrons. The molecule has 8 nitrogen and oxygen atoms in total. The molecule has 1 unspecified atom stereocenters. The Morgan fingerprint density at radius 3 is 1.93 bits per heavy atom. The average molecular weight is 581 g/mol. The third-order valence-corrected chi connectivity index (χ3v) is 7.73. The van der Waals surface area contributed by atoms with Crippen molar-refractivity contribution >= 4 is 23.9 Å². The van der Waals surface area contributed by atoms with Crippen molar-refractivity contribution in [3.8, 4) is 22.6 Å². The first kappa shape index (κ1) is 29.5. The van der Waals surface area contributed by atoms with Crippen LogP contribution in [-0.2, 0) is 19.1 Å². The second kappa shape index (κ2) is 12.9.